The van der Waals surface area contributed by atoms with Crippen molar-refractivity contribution < 1.29 is 4.74 Å². The molecule has 0 atom stereocenters. The maximum Gasteiger partial charge on any atom is 0.190 e. The fourth-order valence-corrected chi connectivity index (χ4v) is 2.80. The second kappa shape index (κ2) is 4.49. The number of nitrogens with zero attached hydrogens (tertiary/aromatic N) is 1. The number of fused-ring (bicyclic) bond motifs is 1. The summed E-state index contributed by atoms with van der Waals surface area (Å²) >= 11 is 1.67. The first-order chi connectivity index (χ1) is 8.78. The Bertz CT molecular complexity index is 691. The normalized spacial score (nSPS) is 14.8. The molecule has 0 radical (unpaired) electrons. The lowest BCUT2D eigenvalue weighted by Gasteiger charge is -2.05. The first-order valence-corrected chi connectivity index (χ1v) is 6.65. The lowest BCUT2D eigenvalue weighted by atomic mass is 10.2. The molecule has 2 aromatic rings. The maximum absolute atomic E-state index is 12.0. The zero-order valence-corrected chi connectivity index (χ0v) is 10.7. The van der Waals surface area contributed by atoms with Crippen molar-refractivity contribution in [2.45, 2.75) is 0 Å². The number of methoxy groups -OCH3 is 1. The Hall–Kier alpha value is -1.75. The van der Waals surface area contributed by atoms with Gasteiger partial charge in [0.2, 0.25) is 0 Å². The van der Waals surface area contributed by atoms with E-state index in [0.29, 0.717) is 5.39 Å². The highest BCUT2D eigenvalue weighted by atomic mass is 32.2. The lowest BCUT2D eigenvalue weighted by Crippen LogP contribution is -2.08. The molecule has 4 nitrogen and oxygen atoms in total. The van der Waals surface area contributed by atoms with E-state index in [-0.39, 0.29) is 5.43 Å². The van der Waals surface area contributed by atoms with E-state index in [9.17, 15) is 4.79 Å². The molecule has 0 fully saturated rings. The van der Waals surface area contributed by atoms with E-state index < -0.39 is 0 Å². The smallest absolute Gasteiger partial charge is 0.190 e. The number of pyridine rings is 1. The molecule has 0 aliphatic carbocycles. The molecular formula is C13H12N2O2S. The first-order valence-electron chi connectivity index (χ1n) is 5.66. The summed E-state index contributed by atoms with van der Waals surface area (Å²) in [6.45, 7) is 0.818. The molecule has 0 spiro atoms. The summed E-state index contributed by atoms with van der Waals surface area (Å²) in [5.74, 6) is 1.71. The Morgan fingerprint density at radius 2 is 2.28 bits per heavy atom. The van der Waals surface area contributed by atoms with E-state index >= 15 is 0 Å². The van der Waals surface area contributed by atoms with E-state index in [1.165, 1.54) is 0 Å². The van der Waals surface area contributed by atoms with Crippen molar-refractivity contribution >= 4 is 27.7 Å². The number of aliphatic imine (C=N–C) groups is 1. The second-order valence-corrected chi connectivity index (χ2v) is 5.08. The van der Waals surface area contributed by atoms with E-state index in [1.807, 2.05) is 6.07 Å². The third kappa shape index (κ3) is 1.90. The number of nitrogens with one attached hydrogen (secondary N) is 1. The molecule has 18 heavy (non-hydrogen) atoms. The van der Waals surface area contributed by atoms with Crippen molar-refractivity contribution in [2.75, 3.05) is 19.4 Å². The molecule has 92 valence electrons. The van der Waals surface area contributed by atoms with E-state index in [4.69, 9.17) is 4.74 Å². The van der Waals surface area contributed by atoms with Crippen molar-refractivity contribution in [3.63, 3.8) is 0 Å². The van der Waals surface area contributed by atoms with Crippen LogP contribution in [0.2, 0.25) is 0 Å². The quantitative estimate of drug-likeness (QED) is 0.899. The van der Waals surface area contributed by atoms with Crippen molar-refractivity contribution in [1.82, 2.24) is 4.98 Å². The minimum Gasteiger partial charge on any atom is -0.497 e. The van der Waals surface area contributed by atoms with Crippen LogP contribution < -0.4 is 10.2 Å². The van der Waals surface area contributed by atoms with Crippen molar-refractivity contribution in [3.8, 4) is 5.75 Å². The molecule has 0 saturated carbocycles. The summed E-state index contributed by atoms with van der Waals surface area (Å²) in [5.41, 5.74) is 1.59. The molecule has 1 aromatic heterocycles. The number of aromatic amines is 1. The number of hydrogen-bond donors (Lipinski definition) is 1. The molecular weight excluding hydrogens is 248 g/mol. The van der Waals surface area contributed by atoms with Gasteiger partial charge in [0.25, 0.3) is 0 Å². The summed E-state index contributed by atoms with van der Waals surface area (Å²) in [4.78, 5) is 19.7. The molecule has 3 rings (SSSR count). The minimum atomic E-state index is 0.0107. The Morgan fingerprint density at radius 3 is 3.00 bits per heavy atom. The van der Waals surface area contributed by atoms with Crippen LogP contribution in [0, 0.1) is 0 Å². The van der Waals surface area contributed by atoms with E-state index in [1.54, 1.807) is 37.1 Å². The molecule has 2 heterocycles. The molecule has 0 bridgehead atoms. The van der Waals surface area contributed by atoms with Crippen LogP contribution in [-0.4, -0.2) is 29.4 Å². The van der Waals surface area contributed by atoms with Gasteiger partial charge in [-0.1, -0.05) is 0 Å². The van der Waals surface area contributed by atoms with Crippen LogP contribution in [0.3, 0.4) is 0 Å². The van der Waals surface area contributed by atoms with Gasteiger partial charge in [-0.3, -0.25) is 9.79 Å². The predicted molar refractivity (Wildman–Crippen MR) is 75.0 cm³/mol. The largest absolute Gasteiger partial charge is 0.497 e. The van der Waals surface area contributed by atoms with Gasteiger partial charge in [-0.05, 0) is 12.1 Å². The molecule has 1 aromatic carbocycles. The van der Waals surface area contributed by atoms with Crippen LogP contribution in [0.15, 0.2) is 34.1 Å². The standard InChI is InChI=1S/C13H12N2O2S/c1-17-8-2-3-9-10(6-8)15-11(7-12(9)16)13-14-4-5-18-13/h2-3,6-7H,4-5H2,1H3,(H,15,16). The van der Waals surface area contributed by atoms with E-state index in [0.717, 1.165) is 34.3 Å². The SMILES string of the molecule is COc1ccc2c(=O)cc(C3=NCCS3)[nH]c2c1. The fourth-order valence-electron chi connectivity index (χ4n) is 1.97. The van der Waals surface area contributed by atoms with Crippen LogP contribution in [0.25, 0.3) is 10.9 Å². The molecule has 0 unspecified atom stereocenters. The van der Waals surface area contributed by atoms with Crippen LogP contribution in [0.4, 0.5) is 0 Å². The highest BCUT2D eigenvalue weighted by molar-refractivity contribution is 8.14. The van der Waals surface area contributed by atoms with Gasteiger partial charge in [-0.25, -0.2) is 0 Å². The van der Waals surface area contributed by atoms with Gasteiger partial charge in [0.1, 0.15) is 10.8 Å². The van der Waals surface area contributed by atoms with Gasteiger partial charge < -0.3 is 9.72 Å². The van der Waals surface area contributed by atoms with Gasteiger partial charge in [0.15, 0.2) is 5.43 Å². The number of hydrogen-bond acceptors (Lipinski definition) is 4. The number of thioether (sulfide) groups is 1. The van der Waals surface area contributed by atoms with Crippen molar-refractivity contribution in [3.05, 3.63) is 40.2 Å². The lowest BCUT2D eigenvalue weighted by molar-refractivity contribution is 0.415. The van der Waals surface area contributed by atoms with Gasteiger partial charge >= 0.3 is 0 Å². The van der Waals surface area contributed by atoms with Gasteiger partial charge in [-0.15, -0.1) is 11.8 Å². The Morgan fingerprint density at radius 1 is 1.39 bits per heavy atom. The van der Waals surface area contributed by atoms with E-state index in [2.05, 4.69) is 9.98 Å². The van der Waals surface area contributed by atoms with Gasteiger partial charge in [0.05, 0.1) is 18.3 Å². The Labute approximate surface area is 108 Å². The molecule has 1 N–H and O–H groups in total. The number of H-pyrrole nitrogens is 1. The average Bonchev–Trinajstić information content (AvgIpc) is 2.91. The summed E-state index contributed by atoms with van der Waals surface area (Å²) in [5, 5.41) is 1.58. The van der Waals surface area contributed by atoms with Crippen LogP contribution in [0.5, 0.6) is 5.75 Å². The molecule has 1 aliphatic heterocycles. The first kappa shape index (κ1) is 11.3. The fraction of sp³-hybridized carbons (Fsp3) is 0.231. The number of benzene rings is 1. The van der Waals surface area contributed by atoms with Gasteiger partial charge in [-0.2, -0.15) is 0 Å². The van der Waals surface area contributed by atoms with Crippen LogP contribution in [-0.2, 0) is 0 Å². The predicted octanol–water partition coefficient (Wildman–Crippen LogP) is 2.03. The van der Waals surface area contributed by atoms with Gasteiger partial charge in [0, 0.05) is 29.8 Å². The average molecular weight is 260 g/mol. The number of ether oxygens (including phenoxy) is 1. The topological polar surface area (TPSA) is 54.4 Å². The van der Waals surface area contributed by atoms with Crippen LogP contribution in [0.1, 0.15) is 5.69 Å². The molecule has 5 heteroatoms. The summed E-state index contributed by atoms with van der Waals surface area (Å²) in [6, 6.07) is 7.02. The maximum atomic E-state index is 12.0. The third-order valence-corrected chi connectivity index (χ3v) is 3.86. The summed E-state index contributed by atoms with van der Waals surface area (Å²) < 4.78 is 5.17. The second-order valence-electron chi connectivity index (χ2n) is 3.99. The van der Waals surface area contributed by atoms with Crippen LogP contribution >= 0.6 is 11.8 Å². The number of rotatable bonds is 2. The highest BCUT2D eigenvalue weighted by Gasteiger charge is 2.12. The van der Waals surface area contributed by atoms with Crippen molar-refractivity contribution in [1.29, 1.82) is 0 Å². The summed E-state index contributed by atoms with van der Waals surface area (Å²) in [7, 11) is 1.61. The molecule has 0 amide bonds. The molecule has 0 saturated heterocycles. The monoisotopic (exact) mass is 260 g/mol. The zero-order valence-electron chi connectivity index (χ0n) is 9.90. The Kier molecular flexibility index (Phi) is 2.83. The Balaban J connectivity index is 2.21. The number of aromatic nitrogens is 1. The van der Waals surface area contributed by atoms with Crippen molar-refractivity contribution in [2.24, 2.45) is 4.99 Å². The molecule has 1 aliphatic rings. The third-order valence-electron chi connectivity index (χ3n) is 2.85. The highest BCUT2D eigenvalue weighted by Crippen LogP contribution is 2.20. The minimum absolute atomic E-state index is 0.0107. The zero-order chi connectivity index (χ0) is 12.5. The summed E-state index contributed by atoms with van der Waals surface area (Å²) in [6.07, 6.45) is 0.